The lowest BCUT2D eigenvalue weighted by Crippen LogP contribution is -2.68. The van der Waals surface area contributed by atoms with Gasteiger partial charge in [0, 0.05) is 0 Å². The molecule has 1 aromatic rings. The number of amides is 1. The largest absolute Gasteiger partial charge is 0.444 e. The molecule has 5 nitrogen and oxygen atoms in total. The van der Waals surface area contributed by atoms with Crippen molar-refractivity contribution in [1.82, 2.24) is 4.90 Å². The van der Waals surface area contributed by atoms with E-state index < -0.39 is 5.60 Å². The molecule has 1 amide bonds. The van der Waals surface area contributed by atoms with Crippen LogP contribution in [0.5, 0.6) is 0 Å². The van der Waals surface area contributed by atoms with Crippen LogP contribution in [0.3, 0.4) is 0 Å². The van der Waals surface area contributed by atoms with E-state index in [-0.39, 0.29) is 23.8 Å². The van der Waals surface area contributed by atoms with Crippen LogP contribution < -0.4 is 0 Å². The summed E-state index contributed by atoms with van der Waals surface area (Å²) in [7, 11) is 0. The molecule has 0 radical (unpaired) electrons. The van der Waals surface area contributed by atoms with Gasteiger partial charge in [0.1, 0.15) is 5.60 Å². The highest BCUT2D eigenvalue weighted by molar-refractivity contribution is 5.70. The summed E-state index contributed by atoms with van der Waals surface area (Å²) in [5, 5.41) is 0. The third-order valence-corrected chi connectivity index (χ3v) is 4.81. The van der Waals surface area contributed by atoms with Gasteiger partial charge in [-0.15, -0.1) is 0 Å². The van der Waals surface area contributed by atoms with E-state index in [2.05, 4.69) is 12.1 Å². The first-order valence-electron chi connectivity index (χ1n) is 9.05. The van der Waals surface area contributed by atoms with Crippen LogP contribution in [0.25, 0.3) is 0 Å². The van der Waals surface area contributed by atoms with Crippen molar-refractivity contribution in [3.8, 4) is 0 Å². The van der Waals surface area contributed by atoms with Crippen LogP contribution in [-0.2, 0) is 20.8 Å². The zero-order valence-corrected chi connectivity index (χ0v) is 15.7. The van der Waals surface area contributed by atoms with Gasteiger partial charge in [0.15, 0.2) is 0 Å². The van der Waals surface area contributed by atoms with Crippen LogP contribution in [-0.4, -0.2) is 47.5 Å². The van der Waals surface area contributed by atoms with E-state index in [9.17, 15) is 4.79 Å². The smallest absolute Gasteiger partial charge is 0.410 e. The summed E-state index contributed by atoms with van der Waals surface area (Å²) >= 11 is 0. The van der Waals surface area contributed by atoms with Crippen LogP contribution in [0.4, 0.5) is 4.79 Å². The van der Waals surface area contributed by atoms with E-state index in [4.69, 9.17) is 14.2 Å². The van der Waals surface area contributed by atoms with Crippen molar-refractivity contribution in [1.29, 1.82) is 0 Å². The van der Waals surface area contributed by atoms with Crippen LogP contribution in [0.1, 0.15) is 46.1 Å². The monoisotopic (exact) mass is 347 g/mol. The van der Waals surface area contributed by atoms with Crippen molar-refractivity contribution in [2.45, 2.75) is 70.5 Å². The Morgan fingerprint density at radius 2 is 1.96 bits per heavy atom. The summed E-state index contributed by atoms with van der Waals surface area (Å²) in [5.74, 6) is 0. The average molecular weight is 347 g/mol. The van der Waals surface area contributed by atoms with Crippen molar-refractivity contribution in [3.05, 3.63) is 35.9 Å². The fourth-order valence-corrected chi connectivity index (χ4v) is 3.50. The number of hydrogen-bond donors (Lipinski definition) is 0. The Kier molecular flexibility index (Phi) is 5.07. The highest BCUT2D eigenvalue weighted by Gasteiger charge is 2.54. The maximum absolute atomic E-state index is 12.7. The molecule has 0 N–H and O–H groups in total. The van der Waals surface area contributed by atoms with Gasteiger partial charge in [-0.3, -0.25) is 4.90 Å². The minimum atomic E-state index is -0.493. The van der Waals surface area contributed by atoms with E-state index in [0.29, 0.717) is 19.8 Å². The number of ether oxygens (including phenoxy) is 3. The van der Waals surface area contributed by atoms with Crippen molar-refractivity contribution >= 4 is 6.09 Å². The van der Waals surface area contributed by atoms with Crippen molar-refractivity contribution < 1.29 is 19.0 Å². The lowest BCUT2D eigenvalue weighted by Gasteiger charge is -2.56. The first-order valence-corrected chi connectivity index (χ1v) is 9.05. The maximum atomic E-state index is 12.7. The van der Waals surface area contributed by atoms with Gasteiger partial charge in [-0.05, 0) is 46.1 Å². The molecule has 1 atom stereocenters. The van der Waals surface area contributed by atoms with Crippen LogP contribution in [0.15, 0.2) is 30.3 Å². The molecule has 0 aromatic heterocycles. The molecule has 25 heavy (non-hydrogen) atoms. The second-order valence-corrected chi connectivity index (χ2v) is 8.26. The fourth-order valence-electron chi connectivity index (χ4n) is 3.50. The molecule has 0 bridgehead atoms. The Morgan fingerprint density at radius 1 is 1.28 bits per heavy atom. The Bertz CT molecular complexity index is 589. The number of benzene rings is 1. The molecule has 1 saturated carbocycles. The topological polar surface area (TPSA) is 48.0 Å². The SMILES string of the molecule is CC1CN(C(=O)OC(C)(C)C)[C@]2(CO1)C[C@@H](OCc1ccccc1)C2. The Morgan fingerprint density at radius 3 is 2.60 bits per heavy atom. The summed E-state index contributed by atoms with van der Waals surface area (Å²) in [6.45, 7) is 9.41. The fraction of sp³-hybridized carbons (Fsp3) is 0.650. The minimum absolute atomic E-state index is 0.0300. The Hall–Kier alpha value is -1.59. The first-order chi connectivity index (χ1) is 11.8. The predicted octanol–water partition coefficient (Wildman–Crippen LogP) is 3.76. The van der Waals surface area contributed by atoms with Gasteiger partial charge >= 0.3 is 6.09 Å². The summed E-state index contributed by atoms with van der Waals surface area (Å²) in [5.41, 5.74) is 0.393. The zero-order chi connectivity index (χ0) is 18.1. The molecule has 3 rings (SSSR count). The summed E-state index contributed by atoms with van der Waals surface area (Å²) < 4.78 is 17.5. The van der Waals surface area contributed by atoms with Crippen molar-refractivity contribution in [3.63, 3.8) is 0 Å². The summed E-state index contributed by atoms with van der Waals surface area (Å²) in [6.07, 6.45) is 1.53. The zero-order valence-electron chi connectivity index (χ0n) is 15.7. The van der Waals surface area contributed by atoms with Gasteiger partial charge in [-0.25, -0.2) is 4.79 Å². The number of morpholine rings is 1. The highest BCUT2D eigenvalue weighted by Crippen LogP contribution is 2.43. The van der Waals surface area contributed by atoms with Crippen LogP contribution in [0.2, 0.25) is 0 Å². The molecule has 2 fully saturated rings. The third-order valence-electron chi connectivity index (χ3n) is 4.81. The first kappa shape index (κ1) is 18.2. The normalized spacial score (nSPS) is 29.4. The molecule has 1 unspecified atom stereocenters. The maximum Gasteiger partial charge on any atom is 0.410 e. The standard InChI is InChI=1S/C20H29NO4/c1-15-12-21(18(22)25-19(2,3)4)20(14-24-15)10-17(11-20)23-13-16-8-6-5-7-9-16/h5-9,15,17H,10-14H2,1-4H3/t15?,17-,20-. The minimum Gasteiger partial charge on any atom is -0.444 e. The quantitative estimate of drug-likeness (QED) is 0.835. The molecule has 1 spiro atoms. The van der Waals surface area contributed by atoms with E-state index in [1.807, 2.05) is 50.8 Å². The molecule has 2 aliphatic rings. The number of hydrogen-bond acceptors (Lipinski definition) is 4. The van der Waals surface area contributed by atoms with E-state index in [1.165, 1.54) is 5.56 Å². The van der Waals surface area contributed by atoms with Gasteiger partial charge in [0.2, 0.25) is 0 Å². The molecular weight excluding hydrogens is 318 g/mol. The number of carbonyl (C=O) groups is 1. The molecule has 5 heteroatoms. The lowest BCUT2D eigenvalue weighted by atomic mass is 9.72. The highest BCUT2D eigenvalue weighted by atomic mass is 16.6. The second kappa shape index (κ2) is 6.96. The third kappa shape index (κ3) is 4.33. The van der Waals surface area contributed by atoms with Gasteiger partial charge in [-0.1, -0.05) is 30.3 Å². The van der Waals surface area contributed by atoms with E-state index in [0.717, 1.165) is 12.8 Å². The van der Waals surface area contributed by atoms with Gasteiger partial charge in [0.25, 0.3) is 0 Å². The predicted molar refractivity (Wildman–Crippen MR) is 95.3 cm³/mol. The van der Waals surface area contributed by atoms with E-state index >= 15 is 0 Å². The molecule has 1 saturated heterocycles. The van der Waals surface area contributed by atoms with Gasteiger partial charge in [-0.2, -0.15) is 0 Å². The molecule has 1 aliphatic heterocycles. The van der Waals surface area contributed by atoms with E-state index in [1.54, 1.807) is 0 Å². The molecular formula is C20H29NO4. The molecule has 1 aliphatic carbocycles. The molecule has 1 aromatic carbocycles. The Labute approximate surface area is 150 Å². The average Bonchev–Trinajstić information content (AvgIpc) is 2.51. The summed E-state index contributed by atoms with van der Waals surface area (Å²) in [6, 6.07) is 10.2. The second-order valence-electron chi connectivity index (χ2n) is 8.26. The lowest BCUT2D eigenvalue weighted by molar-refractivity contribution is -0.178. The van der Waals surface area contributed by atoms with Gasteiger partial charge in [0.05, 0.1) is 37.5 Å². The summed E-state index contributed by atoms with van der Waals surface area (Å²) in [4.78, 5) is 14.5. The Balaban J connectivity index is 1.59. The van der Waals surface area contributed by atoms with Crippen molar-refractivity contribution in [2.24, 2.45) is 0 Å². The van der Waals surface area contributed by atoms with Crippen LogP contribution >= 0.6 is 0 Å². The number of rotatable bonds is 3. The molecule has 138 valence electrons. The number of nitrogens with zero attached hydrogens (tertiary/aromatic N) is 1. The van der Waals surface area contributed by atoms with Crippen LogP contribution in [0, 0.1) is 0 Å². The molecule has 1 heterocycles. The van der Waals surface area contributed by atoms with Gasteiger partial charge < -0.3 is 14.2 Å². The number of carbonyl (C=O) groups excluding carboxylic acids is 1. The van der Waals surface area contributed by atoms with Crippen molar-refractivity contribution in [2.75, 3.05) is 13.2 Å².